The van der Waals surface area contributed by atoms with E-state index < -0.39 is 34.6 Å². The van der Waals surface area contributed by atoms with Gasteiger partial charge in [0, 0.05) is 17.3 Å². The van der Waals surface area contributed by atoms with E-state index in [-0.39, 0.29) is 11.3 Å². The van der Waals surface area contributed by atoms with Gasteiger partial charge in [-0.3, -0.25) is 4.79 Å². The summed E-state index contributed by atoms with van der Waals surface area (Å²) in [7, 11) is 0. The van der Waals surface area contributed by atoms with Gasteiger partial charge in [-0.05, 0) is 24.3 Å². The van der Waals surface area contributed by atoms with Crippen molar-refractivity contribution in [3.05, 3.63) is 57.6 Å². The molecule has 1 aromatic carbocycles. The van der Waals surface area contributed by atoms with E-state index in [1.165, 1.54) is 0 Å². The Bertz CT molecular complexity index is 765. The minimum absolute atomic E-state index is 0.171. The van der Waals surface area contributed by atoms with Crippen LogP contribution in [0.2, 0.25) is 0 Å². The van der Waals surface area contributed by atoms with Gasteiger partial charge < -0.3 is 10.1 Å². The van der Waals surface area contributed by atoms with Crippen LogP contribution < -0.4 is 5.56 Å². The van der Waals surface area contributed by atoms with Crippen LogP contribution in [0.3, 0.4) is 0 Å². The summed E-state index contributed by atoms with van der Waals surface area (Å²) < 4.78 is 51.2. The number of nitrogens with one attached hydrogen (secondary N) is 1. The Morgan fingerprint density at radius 2 is 1.76 bits per heavy atom. The van der Waals surface area contributed by atoms with E-state index in [1.54, 1.807) is 0 Å². The van der Waals surface area contributed by atoms with Gasteiger partial charge in [0.15, 0.2) is 0 Å². The molecule has 21 heavy (non-hydrogen) atoms. The van der Waals surface area contributed by atoms with Gasteiger partial charge in [-0.1, -0.05) is 0 Å². The first kappa shape index (κ1) is 14.8. The summed E-state index contributed by atoms with van der Waals surface area (Å²) >= 11 is 0. The molecule has 0 spiro atoms. The molecule has 1 heterocycles. The fraction of sp³-hybridized carbons (Fsp3) is 0.0769. The summed E-state index contributed by atoms with van der Waals surface area (Å²) in [5.41, 5.74) is -3.17. The van der Waals surface area contributed by atoms with Crippen LogP contribution in [0.4, 0.5) is 17.6 Å². The number of carbonyl (C=O) groups is 1. The van der Waals surface area contributed by atoms with Crippen molar-refractivity contribution in [2.24, 2.45) is 0 Å². The highest BCUT2D eigenvalue weighted by Crippen LogP contribution is 2.30. The molecule has 2 rings (SSSR count). The minimum atomic E-state index is -4.74. The molecule has 0 amide bonds. The standard InChI is InChI=1S/C13H7F4NO3/c14-9-2-6(1-7(3-9)12(20)21)10-4-8(13(15,16)17)5-11(19)18-10/h1-5H,(H,18,19)(H,20,21). The lowest BCUT2D eigenvalue weighted by molar-refractivity contribution is -0.137. The average Bonchev–Trinajstić information content (AvgIpc) is 2.36. The van der Waals surface area contributed by atoms with E-state index in [2.05, 4.69) is 4.98 Å². The zero-order valence-corrected chi connectivity index (χ0v) is 10.2. The van der Waals surface area contributed by atoms with Gasteiger partial charge in [-0.2, -0.15) is 13.2 Å². The average molecular weight is 301 g/mol. The molecule has 110 valence electrons. The van der Waals surface area contributed by atoms with E-state index in [1.807, 2.05) is 0 Å². The predicted octanol–water partition coefficient (Wildman–Crippen LogP) is 2.90. The second kappa shape index (κ2) is 5.04. The fourth-order valence-corrected chi connectivity index (χ4v) is 1.73. The number of alkyl halides is 3. The van der Waals surface area contributed by atoms with E-state index >= 15 is 0 Å². The maximum Gasteiger partial charge on any atom is 0.416 e. The van der Waals surface area contributed by atoms with E-state index in [9.17, 15) is 27.2 Å². The number of carboxylic acid groups (broad SMARTS) is 1. The maximum absolute atomic E-state index is 13.3. The van der Waals surface area contributed by atoms with Crippen molar-refractivity contribution < 1.29 is 27.5 Å². The van der Waals surface area contributed by atoms with Crippen LogP contribution in [-0.2, 0) is 6.18 Å². The van der Waals surface area contributed by atoms with Gasteiger partial charge in [0.05, 0.1) is 11.1 Å². The zero-order chi connectivity index (χ0) is 15.8. The van der Waals surface area contributed by atoms with Crippen molar-refractivity contribution in [1.29, 1.82) is 0 Å². The SMILES string of the molecule is O=C(O)c1cc(F)cc(-c2cc(C(F)(F)F)cc(=O)[nH]2)c1. The van der Waals surface area contributed by atoms with Gasteiger partial charge in [0.2, 0.25) is 5.56 Å². The predicted molar refractivity (Wildman–Crippen MR) is 64.4 cm³/mol. The topological polar surface area (TPSA) is 70.2 Å². The van der Waals surface area contributed by atoms with Crippen molar-refractivity contribution in [2.75, 3.05) is 0 Å². The molecule has 2 aromatic rings. The van der Waals surface area contributed by atoms with Crippen molar-refractivity contribution in [1.82, 2.24) is 4.98 Å². The molecular formula is C13H7F4NO3. The molecule has 0 radical (unpaired) electrons. The summed E-state index contributed by atoms with van der Waals surface area (Å²) in [5.74, 6) is -2.38. The normalized spacial score (nSPS) is 11.4. The summed E-state index contributed by atoms with van der Waals surface area (Å²) in [5, 5.41) is 8.80. The van der Waals surface area contributed by atoms with E-state index in [0.717, 1.165) is 18.2 Å². The highest BCUT2D eigenvalue weighted by atomic mass is 19.4. The first-order chi connectivity index (χ1) is 9.66. The third kappa shape index (κ3) is 3.28. The first-order valence-corrected chi connectivity index (χ1v) is 5.52. The third-order valence-corrected chi connectivity index (χ3v) is 2.63. The molecular weight excluding hydrogens is 294 g/mol. The molecule has 0 fully saturated rings. The van der Waals surface area contributed by atoms with Crippen LogP contribution in [0, 0.1) is 5.82 Å². The van der Waals surface area contributed by atoms with Gasteiger partial charge in [0.25, 0.3) is 0 Å². The van der Waals surface area contributed by atoms with E-state index in [0.29, 0.717) is 12.1 Å². The Labute approximate surface area is 114 Å². The van der Waals surface area contributed by atoms with Crippen molar-refractivity contribution in [3.63, 3.8) is 0 Å². The zero-order valence-electron chi connectivity index (χ0n) is 10.2. The molecule has 0 aliphatic carbocycles. The molecule has 0 saturated carbocycles. The van der Waals surface area contributed by atoms with Crippen LogP contribution in [0.5, 0.6) is 0 Å². The number of benzene rings is 1. The van der Waals surface area contributed by atoms with E-state index in [4.69, 9.17) is 5.11 Å². The first-order valence-electron chi connectivity index (χ1n) is 5.52. The number of aromatic carboxylic acids is 1. The molecule has 4 nitrogen and oxygen atoms in total. The Hall–Kier alpha value is -2.64. The van der Waals surface area contributed by atoms with Crippen LogP contribution >= 0.6 is 0 Å². The fourth-order valence-electron chi connectivity index (χ4n) is 1.73. The molecule has 8 heteroatoms. The summed E-state index contributed by atoms with van der Waals surface area (Å²) in [4.78, 5) is 24.2. The number of hydrogen-bond donors (Lipinski definition) is 2. The number of pyridine rings is 1. The smallest absolute Gasteiger partial charge is 0.416 e. The number of halogens is 4. The molecule has 2 N–H and O–H groups in total. The molecule has 0 aliphatic rings. The lowest BCUT2D eigenvalue weighted by Gasteiger charge is -2.09. The lowest BCUT2D eigenvalue weighted by Crippen LogP contribution is -2.14. The summed E-state index contributed by atoms with van der Waals surface area (Å²) in [6, 6.07) is 3.50. The third-order valence-electron chi connectivity index (χ3n) is 2.63. The molecule has 0 saturated heterocycles. The number of aromatic amines is 1. The van der Waals surface area contributed by atoms with Crippen LogP contribution in [0.25, 0.3) is 11.3 Å². The highest BCUT2D eigenvalue weighted by Gasteiger charge is 2.31. The van der Waals surface area contributed by atoms with Crippen molar-refractivity contribution in [2.45, 2.75) is 6.18 Å². The molecule has 0 unspecified atom stereocenters. The van der Waals surface area contributed by atoms with Crippen molar-refractivity contribution >= 4 is 5.97 Å². The Kier molecular flexibility index (Phi) is 3.54. The quantitative estimate of drug-likeness (QED) is 0.838. The Morgan fingerprint density at radius 3 is 2.33 bits per heavy atom. The molecule has 1 aromatic heterocycles. The van der Waals surface area contributed by atoms with Gasteiger partial charge in [-0.25, -0.2) is 9.18 Å². The van der Waals surface area contributed by atoms with Crippen LogP contribution in [0.1, 0.15) is 15.9 Å². The number of hydrogen-bond acceptors (Lipinski definition) is 2. The molecule has 0 bridgehead atoms. The largest absolute Gasteiger partial charge is 0.478 e. The summed E-state index contributed by atoms with van der Waals surface area (Å²) in [6.07, 6.45) is -4.74. The van der Waals surface area contributed by atoms with Crippen LogP contribution in [0.15, 0.2) is 35.1 Å². The second-order valence-electron chi connectivity index (χ2n) is 4.18. The minimum Gasteiger partial charge on any atom is -0.478 e. The molecule has 0 atom stereocenters. The monoisotopic (exact) mass is 301 g/mol. The second-order valence-corrected chi connectivity index (χ2v) is 4.18. The number of H-pyrrole nitrogens is 1. The summed E-state index contributed by atoms with van der Waals surface area (Å²) in [6.45, 7) is 0. The lowest BCUT2D eigenvalue weighted by atomic mass is 10.1. The highest BCUT2D eigenvalue weighted by molar-refractivity contribution is 5.89. The number of aromatic nitrogens is 1. The van der Waals surface area contributed by atoms with Gasteiger partial charge in [0.1, 0.15) is 5.82 Å². The van der Waals surface area contributed by atoms with Crippen LogP contribution in [-0.4, -0.2) is 16.1 Å². The number of rotatable bonds is 2. The Morgan fingerprint density at radius 1 is 1.10 bits per heavy atom. The van der Waals surface area contributed by atoms with Gasteiger partial charge >= 0.3 is 12.1 Å². The number of carboxylic acids is 1. The maximum atomic E-state index is 13.3. The van der Waals surface area contributed by atoms with Gasteiger partial charge in [-0.15, -0.1) is 0 Å². The van der Waals surface area contributed by atoms with Crippen molar-refractivity contribution in [3.8, 4) is 11.3 Å². The molecule has 0 aliphatic heterocycles. The Balaban J connectivity index is 2.65.